The van der Waals surface area contributed by atoms with Gasteiger partial charge in [0.1, 0.15) is 0 Å². The van der Waals surface area contributed by atoms with E-state index in [0.29, 0.717) is 0 Å². The molecule has 0 aliphatic heterocycles. The molecule has 3 rings (SSSR count). The van der Waals surface area contributed by atoms with Gasteiger partial charge in [0.2, 0.25) is 0 Å². The van der Waals surface area contributed by atoms with E-state index in [1.807, 2.05) is 56.5 Å². The standard InChI is InChI=1S/C39H40N2/c1-8-32(9-2)38-22-23-39(41-27-38)37-21-18-31(7)35(26-37)20-17-29(5)28(4)16-19-33(10-3)36-15-11-14-34(25-36)30(6)13-12-24-40/h8-27H,1,4-5,40H2,2-3,6-7H3/b19-16-,20-17-,24-12-,30-13+,32-9+,33-10+. The molecular weight excluding hydrogens is 496 g/mol. The first-order valence-electron chi connectivity index (χ1n) is 13.7. The molecule has 3 aromatic rings. The minimum Gasteiger partial charge on any atom is -0.405 e. The summed E-state index contributed by atoms with van der Waals surface area (Å²) >= 11 is 0. The average molecular weight is 537 g/mol. The molecule has 0 amide bonds. The highest BCUT2D eigenvalue weighted by Gasteiger charge is 2.05. The zero-order valence-corrected chi connectivity index (χ0v) is 24.7. The summed E-state index contributed by atoms with van der Waals surface area (Å²) in [5.41, 5.74) is 18.2. The van der Waals surface area contributed by atoms with E-state index in [0.717, 1.165) is 61.4 Å². The van der Waals surface area contributed by atoms with Gasteiger partial charge in [0.05, 0.1) is 5.69 Å². The molecule has 0 aliphatic rings. The third-order valence-electron chi connectivity index (χ3n) is 6.96. The third-order valence-corrected chi connectivity index (χ3v) is 6.96. The Morgan fingerprint density at radius 1 is 0.829 bits per heavy atom. The summed E-state index contributed by atoms with van der Waals surface area (Å²) in [6, 6.07) is 19.0. The lowest BCUT2D eigenvalue weighted by Crippen LogP contribution is -1.89. The summed E-state index contributed by atoms with van der Waals surface area (Å²) in [6.07, 6.45) is 21.5. The van der Waals surface area contributed by atoms with Gasteiger partial charge in [-0.3, -0.25) is 4.98 Å². The lowest BCUT2D eigenvalue weighted by Gasteiger charge is -2.08. The van der Waals surface area contributed by atoms with Crippen LogP contribution in [-0.4, -0.2) is 4.98 Å². The van der Waals surface area contributed by atoms with Crippen molar-refractivity contribution >= 4 is 22.8 Å². The lowest BCUT2D eigenvalue weighted by molar-refractivity contribution is 1.30. The molecule has 0 saturated heterocycles. The zero-order chi connectivity index (χ0) is 29.8. The lowest BCUT2D eigenvalue weighted by atomic mass is 9.97. The maximum atomic E-state index is 5.49. The summed E-state index contributed by atoms with van der Waals surface area (Å²) in [5.74, 6) is 0. The molecule has 1 heterocycles. The van der Waals surface area contributed by atoms with Crippen LogP contribution in [0.5, 0.6) is 0 Å². The maximum Gasteiger partial charge on any atom is 0.0702 e. The summed E-state index contributed by atoms with van der Waals surface area (Å²) in [6.45, 7) is 20.6. The Balaban J connectivity index is 1.75. The molecule has 0 unspecified atom stereocenters. The minimum absolute atomic E-state index is 0.855. The fourth-order valence-electron chi connectivity index (χ4n) is 4.31. The first-order valence-corrected chi connectivity index (χ1v) is 13.7. The highest BCUT2D eigenvalue weighted by atomic mass is 14.7. The number of nitrogens with zero attached hydrogens (tertiary/aromatic N) is 1. The van der Waals surface area contributed by atoms with Crippen molar-refractivity contribution in [2.45, 2.75) is 27.7 Å². The van der Waals surface area contributed by atoms with Gasteiger partial charge in [-0.15, -0.1) is 0 Å². The molecule has 206 valence electrons. The van der Waals surface area contributed by atoms with E-state index >= 15 is 0 Å². The van der Waals surface area contributed by atoms with Gasteiger partial charge in [0.25, 0.3) is 0 Å². The van der Waals surface area contributed by atoms with E-state index < -0.39 is 0 Å². The van der Waals surface area contributed by atoms with Crippen LogP contribution in [-0.2, 0) is 0 Å². The van der Waals surface area contributed by atoms with Crippen molar-refractivity contribution in [2.24, 2.45) is 5.73 Å². The van der Waals surface area contributed by atoms with Gasteiger partial charge in [0.15, 0.2) is 0 Å². The van der Waals surface area contributed by atoms with Crippen LogP contribution in [0.15, 0.2) is 146 Å². The molecule has 0 radical (unpaired) electrons. The molecule has 0 spiro atoms. The van der Waals surface area contributed by atoms with E-state index in [4.69, 9.17) is 10.7 Å². The average Bonchev–Trinajstić information content (AvgIpc) is 3.00. The van der Waals surface area contributed by atoms with Gasteiger partial charge in [-0.25, -0.2) is 0 Å². The van der Waals surface area contributed by atoms with Crippen molar-refractivity contribution in [1.29, 1.82) is 0 Å². The fourth-order valence-corrected chi connectivity index (χ4v) is 4.31. The van der Waals surface area contributed by atoms with E-state index in [1.54, 1.807) is 6.20 Å². The number of hydrogen-bond acceptors (Lipinski definition) is 2. The van der Waals surface area contributed by atoms with Gasteiger partial charge >= 0.3 is 0 Å². The molecule has 0 saturated carbocycles. The predicted octanol–water partition coefficient (Wildman–Crippen LogP) is 10.3. The van der Waals surface area contributed by atoms with Crippen molar-refractivity contribution in [3.05, 3.63) is 174 Å². The van der Waals surface area contributed by atoms with Crippen molar-refractivity contribution in [3.63, 3.8) is 0 Å². The van der Waals surface area contributed by atoms with Crippen LogP contribution in [0.3, 0.4) is 0 Å². The summed E-state index contributed by atoms with van der Waals surface area (Å²) in [5, 5.41) is 0. The Kier molecular flexibility index (Phi) is 11.2. The Labute approximate surface area is 246 Å². The minimum atomic E-state index is 0.855. The highest BCUT2D eigenvalue weighted by molar-refractivity contribution is 5.78. The molecule has 0 aliphatic carbocycles. The second-order valence-corrected chi connectivity index (χ2v) is 9.73. The van der Waals surface area contributed by atoms with Gasteiger partial charge < -0.3 is 5.73 Å². The van der Waals surface area contributed by atoms with Crippen LogP contribution >= 0.6 is 0 Å². The number of aromatic nitrogens is 1. The monoisotopic (exact) mass is 536 g/mol. The summed E-state index contributed by atoms with van der Waals surface area (Å²) < 4.78 is 0. The van der Waals surface area contributed by atoms with Gasteiger partial charge in [-0.2, -0.15) is 0 Å². The topological polar surface area (TPSA) is 38.9 Å². The van der Waals surface area contributed by atoms with E-state index in [-0.39, 0.29) is 0 Å². The van der Waals surface area contributed by atoms with Crippen molar-refractivity contribution < 1.29 is 0 Å². The third kappa shape index (κ3) is 8.27. The smallest absolute Gasteiger partial charge is 0.0702 e. The van der Waals surface area contributed by atoms with Crippen LogP contribution in [0.2, 0.25) is 0 Å². The molecule has 2 aromatic carbocycles. The Morgan fingerprint density at radius 3 is 2.22 bits per heavy atom. The second kappa shape index (κ2) is 15.0. The second-order valence-electron chi connectivity index (χ2n) is 9.73. The van der Waals surface area contributed by atoms with Gasteiger partial charge in [-0.05, 0) is 114 Å². The molecule has 0 bridgehead atoms. The first kappa shape index (κ1) is 30.6. The van der Waals surface area contributed by atoms with Crippen molar-refractivity contribution in [1.82, 2.24) is 4.98 Å². The van der Waals surface area contributed by atoms with Crippen LogP contribution in [0.1, 0.15) is 48.6 Å². The van der Waals surface area contributed by atoms with Crippen LogP contribution in [0, 0.1) is 6.92 Å². The largest absolute Gasteiger partial charge is 0.405 e. The SMILES string of the molecule is C=C/C(=C\C)c1ccc(-c2ccc(C)c(/C=C\C(=C)C(=C)/C=C\C(=C/C)c3cccc(/C(C)=C/C=C\N)c3)c2)nc1. The number of hydrogen-bond donors (Lipinski definition) is 1. The number of nitrogens with two attached hydrogens (primary N) is 1. The quantitative estimate of drug-likeness (QED) is 0.248. The van der Waals surface area contributed by atoms with Crippen molar-refractivity contribution in [3.8, 4) is 11.3 Å². The molecule has 2 N–H and O–H groups in total. The number of rotatable bonds is 11. The van der Waals surface area contributed by atoms with Crippen LogP contribution in [0.4, 0.5) is 0 Å². The number of pyridine rings is 1. The van der Waals surface area contributed by atoms with Gasteiger partial charge in [-0.1, -0.05) is 105 Å². The molecule has 0 atom stereocenters. The number of allylic oxidation sites excluding steroid dienone is 13. The molecule has 0 fully saturated rings. The van der Waals surface area contributed by atoms with Crippen LogP contribution in [0.25, 0.3) is 34.1 Å². The molecular formula is C39H40N2. The van der Waals surface area contributed by atoms with E-state index in [1.165, 1.54) is 5.56 Å². The summed E-state index contributed by atoms with van der Waals surface area (Å²) in [4.78, 5) is 4.69. The van der Waals surface area contributed by atoms with Crippen LogP contribution < -0.4 is 5.73 Å². The first-order chi connectivity index (χ1) is 19.8. The van der Waals surface area contributed by atoms with Gasteiger partial charge in [0, 0.05) is 11.8 Å². The normalized spacial score (nSPS) is 12.9. The molecule has 1 aromatic heterocycles. The molecule has 2 heteroatoms. The number of benzene rings is 2. The number of aryl methyl sites for hydroxylation is 1. The summed E-state index contributed by atoms with van der Waals surface area (Å²) in [7, 11) is 0. The maximum absolute atomic E-state index is 5.49. The molecule has 41 heavy (non-hydrogen) atoms. The Morgan fingerprint density at radius 2 is 1.56 bits per heavy atom. The predicted molar refractivity (Wildman–Crippen MR) is 182 cm³/mol. The van der Waals surface area contributed by atoms with Crippen molar-refractivity contribution in [2.75, 3.05) is 0 Å². The Bertz CT molecular complexity index is 1600. The van der Waals surface area contributed by atoms with E-state index in [2.05, 4.69) is 106 Å². The van der Waals surface area contributed by atoms with E-state index in [9.17, 15) is 0 Å². The fraction of sp³-hybridized carbons (Fsp3) is 0.103. The highest BCUT2D eigenvalue weighted by Crippen LogP contribution is 2.26. The molecule has 2 nitrogen and oxygen atoms in total. The zero-order valence-electron chi connectivity index (χ0n) is 24.7. The Hall–Kier alpha value is -4.95.